The lowest BCUT2D eigenvalue weighted by molar-refractivity contribution is -0.115. The third-order valence-electron chi connectivity index (χ3n) is 6.78. The Morgan fingerprint density at radius 1 is 1.08 bits per heavy atom. The monoisotopic (exact) mass is 526 g/mol. The van der Waals surface area contributed by atoms with Gasteiger partial charge in [0, 0.05) is 37.4 Å². The Balaban J connectivity index is 1.03. The van der Waals surface area contributed by atoms with Gasteiger partial charge in [0.25, 0.3) is 11.1 Å². The number of rotatable bonds is 7. The van der Waals surface area contributed by atoms with Gasteiger partial charge in [0.1, 0.15) is 11.3 Å². The number of nitrogens with one attached hydrogen (secondary N) is 2. The predicted molar refractivity (Wildman–Crippen MR) is 147 cm³/mol. The minimum absolute atomic E-state index is 0.349. The van der Waals surface area contributed by atoms with E-state index >= 15 is 0 Å². The maximum absolute atomic E-state index is 11.8. The Labute approximate surface area is 223 Å². The molecule has 2 saturated heterocycles. The summed E-state index contributed by atoms with van der Waals surface area (Å²) in [6.07, 6.45) is 7.17. The fourth-order valence-electron chi connectivity index (χ4n) is 4.80. The van der Waals surface area contributed by atoms with Crippen molar-refractivity contribution in [3.8, 4) is 11.5 Å². The van der Waals surface area contributed by atoms with Crippen molar-refractivity contribution in [3.05, 3.63) is 77.1 Å². The van der Waals surface area contributed by atoms with E-state index in [1.54, 1.807) is 24.5 Å². The van der Waals surface area contributed by atoms with E-state index in [4.69, 9.17) is 4.42 Å². The zero-order valence-corrected chi connectivity index (χ0v) is 21.4. The Hall–Kier alpha value is -4.02. The molecule has 2 N–H and O–H groups in total. The van der Waals surface area contributed by atoms with Crippen LogP contribution in [0.1, 0.15) is 24.1 Å². The van der Waals surface area contributed by atoms with Crippen LogP contribution in [0.2, 0.25) is 0 Å². The molecule has 10 heteroatoms. The van der Waals surface area contributed by atoms with Crippen molar-refractivity contribution < 1.29 is 14.0 Å². The van der Waals surface area contributed by atoms with Crippen LogP contribution in [0, 0.1) is 5.92 Å². The van der Waals surface area contributed by atoms with Crippen LogP contribution in [0.3, 0.4) is 0 Å². The second-order valence-corrected chi connectivity index (χ2v) is 10.4. The minimum atomic E-state index is -0.385. The molecule has 1 aromatic carbocycles. The van der Waals surface area contributed by atoms with Crippen molar-refractivity contribution in [2.45, 2.75) is 19.4 Å². The highest BCUT2D eigenvalue weighted by Gasteiger charge is 2.26. The van der Waals surface area contributed by atoms with Crippen molar-refractivity contribution >= 4 is 45.9 Å². The van der Waals surface area contributed by atoms with E-state index in [0.717, 1.165) is 72.2 Å². The Kier molecular flexibility index (Phi) is 6.89. The molecule has 2 aliphatic rings. The molecule has 9 nitrogen and oxygen atoms in total. The van der Waals surface area contributed by atoms with Crippen LogP contribution < -0.4 is 15.5 Å². The first-order valence-corrected chi connectivity index (χ1v) is 13.4. The van der Waals surface area contributed by atoms with E-state index in [2.05, 4.69) is 36.6 Å². The average molecular weight is 527 g/mol. The molecule has 3 aromatic heterocycles. The number of benzene rings is 1. The van der Waals surface area contributed by atoms with Gasteiger partial charge in [-0.3, -0.25) is 19.9 Å². The number of hydrogen-bond acceptors (Lipinski definition) is 9. The Morgan fingerprint density at radius 2 is 1.95 bits per heavy atom. The van der Waals surface area contributed by atoms with E-state index in [-0.39, 0.29) is 11.1 Å². The third kappa shape index (κ3) is 5.32. The largest absolute Gasteiger partial charge is 0.454 e. The lowest BCUT2D eigenvalue weighted by atomic mass is 9.97. The molecule has 0 bridgehead atoms. The van der Waals surface area contributed by atoms with Crippen LogP contribution in [0.4, 0.5) is 10.7 Å². The predicted octanol–water partition coefficient (Wildman–Crippen LogP) is 4.61. The molecule has 6 rings (SSSR count). The van der Waals surface area contributed by atoms with Gasteiger partial charge in [-0.2, -0.15) is 0 Å². The van der Waals surface area contributed by atoms with Crippen molar-refractivity contribution in [1.82, 2.24) is 25.6 Å². The highest BCUT2D eigenvalue weighted by Crippen LogP contribution is 2.29. The number of para-hydroxylation sites is 1. The first kappa shape index (κ1) is 24.3. The number of imide groups is 1. The van der Waals surface area contributed by atoms with Gasteiger partial charge in [-0.25, -0.2) is 9.97 Å². The first-order valence-electron chi connectivity index (χ1n) is 12.6. The summed E-state index contributed by atoms with van der Waals surface area (Å²) < 4.78 is 6.05. The van der Waals surface area contributed by atoms with Gasteiger partial charge in [0.05, 0.1) is 10.6 Å². The summed E-state index contributed by atoms with van der Waals surface area (Å²) in [5.74, 6) is 1.59. The molecular formula is C28H26N6O3S. The molecule has 0 saturated carbocycles. The lowest BCUT2D eigenvalue weighted by Gasteiger charge is -2.32. The van der Waals surface area contributed by atoms with Crippen molar-refractivity contribution in [2.24, 2.45) is 5.92 Å². The van der Waals surface area contributed by atoms with Gasteiger partial charge in [0.15, 0.2) is 5.76 Å². The second-order valence-electron chi connectivity index (χ2n) is 9.35. The van der Waals surface area contributed by atoms with Crippen molar-refractivity contribution in [2.75, 3.05) is 24.5 Å². The van der Waals surface area contributed by atoms with Crippen molar-refractivity contribution in [1.29, 1.82) is 0 Å². The second kappa shape index (κ2) is 10.8. The number of piperidine rings is 1. The van der Waals surface area contributed by atoms with E-state index in [1.165, 1.54) is 0 Å². The number of thioether (sulfide) groups is 1. The number of carbonyl (C=O) groups is 2. The summed E-state index contributed by atoms with van der Waals surface area (Å²) in [6.45, 7) is 3.35. The molecule has 38 heavy (non-hydrogen) atoms. The first-order chi connectivity index (χ1) is 18.6. The number of carbonyl (C=O) groups excluding carboxylic acids is 2. The number of hydrogen-bond donors (Lipinski definition) is 2. The quantitative estimate of drug-likeness (QED) is 0.333. The minimum Gasteiger partial charge on any atom is -0.454 e. The molecule has 5 heterocycles. The van der Waals surface area contributed by atoms with Crippen LogP contribution in [0.5, 0.6) is 0 Å². The number of fused-ring (bicyclic) bond motifs is 1. The number of furan rings is 1. The maximum Gasteiger partial charge on any atom is 0.290 e. The molecule has 0 radical (unpaired) electrons. The molecule has 0 spiro atoms. The van der Waals surface area contributed by atoms with Crippen LogP contribution in [-0.4, -0.2) is 45.7 Å². The molecule has 2 amide bonds. The summed E-state index contributed by atoms with van der Waals surface area (Å²) in [4.78, 5) is 39.4. The molecule has 192 valence electrons. The van der Waals surface area contributed by atoms with Crippen LogP contribution >= 0.6 is 11.8 Å². The zero-order valence-electron chi connectivity index (χ0n) is 20.6. The van der Waals surface area contributed by atoms with Gasteiger partial charge in [-0.05, 0) is 73.0 Å². The van der Waals surface area contributed by atoms with E-state index in [9.17, 15) is 9.59 Å². The van der Waals surface area contributed by atoms with Gasteiger partial charge in [-0.15, -0.1) is 0 Å². The summed E-state index contributed by atoms with van der Waals surface area (Å²) in [7, 11) is 0. The van der Waals surface area contributed by atoms with Gasteiger partial charge in [0.2, 0.25) is 5.95 Å². The third-order valence-corrected chi connectivity index (χ3v) is 7.59. The van der Waals surface area contributed by atoms with Gasteiger partial charge in [-0.1, -0.05) is 24.3 Å². The fraction of sp³-hybridized carbons (Fsp3) is 0.250. The molecule has 2 fully saturated rings. The Morgan fingerprint density at radius 3 is 2.76 bits per heavy atom. The highest BCUT2D eigenvalue weighted by molar-refractivity contribution is 8.18. The van der Waals surface area contributed by atoms with E-state index in [0.29, 0.717) is 29.0 Å². The summed E-state index contributed by atoms with van der Waals surface area (Å²) in [5, 5.41) is 6.59. The summed E-state index contributed by atoms with van der Waals surface area (Å²) in [6, 6.07) is 15.8. The van der Waals surface area contributed by atoms with Gasteiger partial charge < -0.3 is 14.6 Å². The summed E-state index contributed by atoms with van der Waals surface area (Å²) in [5.41, 5.74) is 3.46. The molecule has 4 aromatic rings. The number of anilines is 1. The topological polar surface area (TPSA) is 113 Å². The molecule has 0 atom stereocenters. The maximum atomic E-state index is 11.8. The normalized spacial score (nSPS) is 17.5. The molecule has 0 aliphatic carbocycles. The number of pyridine rings is 1. The summed E-state index contributed by atoms with van der Waals surface area (Å²) >= 11 is 0.888. The van der Waals surface area contributed by atoms with Crippen LogP contribution in [-0.2, 0) is 11.3 Å². The van der Waals surface area contributed by atoms with Crippen LogP contribution in [0.25, 0.3) is 28.5 Å². The lowest BCUT2D eigenvalue weighted by Crippen LogP contribution is -2.38. The SMILES string of the molecule is O=C1NC(=O)C(=Cc2ccnc(N3CCC(CNCc4cccnc4-c4cc5ccccc5o4)CC3)n2)S1. The molecular weight excluding hydrogens is 500 g/mol. The fourth-order valence-corrected chi connectivity index (χ4v) is 5.47. The highest BCUT2D eigenvalue weighted by atomic mass is 32.2. The standard InChI is InChI=1S/C28H26N6O3S/c35-26-24(38-28(36)33-26)15-21-7-11-31-27(32-21)34-12-8-18(9-13-34)16-29-17-20-5-3-10-30-25(20)23-14-19-4-1-2-6-22(19)37-23/h1-7,10-11,14-15,18,29H,8-9,12-13,16-17H2,(H,33,35,36). The van der Waals surface area contributed by atoms with Gasteiger partial charge >= 0.3 is 0 Å². The Bertz CT molecular complexity index is 1490. The molecule has 0 unspecified atom stereocenters. The number of aromatic nitrogens is 3. The average Bonchev–Trinajstić information content (AvgIpc) is 3.51. The number of nitrogens with zero attached hydrogens (tertiary/aromatic N) is 4. The zero-order chi connectivity index (χ0) is 25.9. The number of amides is 2. The molecule has 2 aliphatic heterocycles. The van der Waals surface area contributed by atoms with Crippen LogP contribution in [0.15, 0.2) is 70.2 Å². The van der Waals surface area contributed by atoms with E-state index < -0.39 is 0 Å². The van der Waals surface area contributed by atoms with E-state index in [1.807, 2.05) is 36.4 Å². The van der Waals surface area contributed by atoms with Crippen molar-refractivity contribution in [3.63, 3.8) is 0 Å². The smallest absolute Gasteiger partial charge is 0.290 e.